The molecular formula is C14H19BrCl2N2. The standard InChI is InChI=1S/C14H19BrCl2N2/c1-4-14(3)8-19(9(2)7-18-14)11-6-5-10(15)12(16)13(11)17/h5-6,9,18H,4,7-8H2,1-3H3. The van der Waals surface area contributed by atoms with Gasteiger partial charge in [0.05, 0.1) is 15.7 Å². The summed E-state index contributed by atoms with van der Waals surface area (Å²) in [6.45, 7) is 8.54. The van der Waals surface area contributed by atoms with Crippen LogP contribution in [0, 0.1) is 0 Å². The lowest BCUT2D eigenvalue weighted by Crippen LogP contribution is -2.62. The van der Waals surface area contributed by atoms with Crippen molar-refractivity contribution in [3.05, 3.63) is 26.7 Å². The van der Waals surface area contributed by atoms with Crippen LogP contribution in [0.5, 0.6) is 0 Å². The lowest BCUT2D eigenvalue weighted by molar-refractivity contribution is 0.285. The van der Waals surface area contributed by atoms with Gasteiger partial charge in [-0.05, 0) is 48.3 Å². The summed E-state index contributed by atoms with van der Waals surface area (Å²) in [6.07, 6.45) is 1.08. The van der Waals surface area contributed by atoms with Crippen LogP contribution >= 0.6 is 39.1 Å². The Labute approximate surface area is 133 Å². The van der Waals surface area contributed by atoms with Crippen LogP contribution in [0.2, 0.25) is 10.0 Å². The van der Waals surface area contributed by atoms with Gasteiger partial charge in [0.15, 0.2) is 0 Å². The molecule has 2 rings (SSSR count). The molecule has 1 aliphatic rings. The summed E-state index contributed by atoms with van der Waals surface area (Å²) in [5.74, 6) is 0. The highest BCUT2D eigenvalue weighted by molar-refractivity contribution is 9.10. The van der Waals surface area contributed by atoms with E-state index >= 15 is 0 Å². The molecule has 5 heteroatoms. The van der Waals surface area contributed by atoms with Crippen molar-refractivity contribution in [3.63, 3.8) is 0 Å². The second-order valence-electron chi connectivity index (χ2n) is 5.47. The molecule has 106 valence electrons. The second-order valence-corrected chi connectivity index (χ2v) is 7.08. The van der Waals surface area contributed by atoms with E-state index in [0.29, 0.717) is 16.1 Å². The van der Waals surface area contributed by atoms with Gasteiger partial charge < -0.3 is 10.2 Å². The van der Waals surface area contributed by atoms with Crippen LogP contribution in [0.4, 0.5) is 5.69 Å². The van der Waals surface area contributed by atoms with Gasteiger partial charge in [0.25, 0.3) is 0 Å². The number of nitrogens with zero attached hydrogens (tertiary/aromatic N) is 1. The summed E-state index contributed by atoms with van der Waals surface area (Å²) in [6, 6.07) is 4.40. The molecule has 0 spiro atoms. The fourth-order valence-electron chi connectivity index (χ4n) is 2.39. The molecule has 19 heavy (non-hydrogen) atoms. The summed E-state index contributed by atoms with van der Waals surface area (Å²) in [7, 11) is 0. The molecule has 0 bridgehead atoms. The summed E-state index contributed by atoms with van der Waals surface area (Å²) >= 11 is 16.1. The monoisotopic (exact) mass is 364 g/mol. The van der Waals surface area contributed by atoms with Crippen LogP contribution in [-0.2, 0) is 0 Å². The van der Waals surface area contributed by atoms with Crippen molar-refractivity contribution < 1.29 is 0 Å². The first-order valence-corrected chi connectivity index (χ1v) is 8.08. The Morgan fingerprint density at radius 3 is 2.74 bits per heavy atom. The minimum Gasteiger partial charge on any atom is -0.364 e. The quantitative estimate of drug-likeness (QED) is 0.762. The highest BCUT2D eigenvalue weighted by Crippen LogP contribution is 2.39. The zero-order valence-electron chi connectivity index (χ0n) is 11.4. The lowest BCUT2D eigenvalue weighted by Gasteiger charge is -2.46. The Bertz CT molecular complexity index is 481. The van der Waals surface area contributed by atoms with E-state index in [1.165, 1.54) is 0 Å². The summed E-state index contributed by atoms with van der Waals surface area (Å²) in [5.41, 5.74) is 1.14. The average molecular weight is 366 g/mol. The lowest BCUT2D eigenvalue weighted by atomic mass is 9.93. The molecule has 1 heterocycles. The molecule has 1 fully saturated rings. The molecule has 2 atom stereocenters. The van der Waals surface area contributed by atoms with Gasteiger partial charge in [-0.2, -0.15) is 0 Å². The van der Waals surface area contributed by atoms with Crippen molar-refractivity contribution in [1.29, 1.82) is 0 Å². The molecule has 2 nitrogen and oxygen atoms in total. The van der Waals surface area contributed by atoms with Crippen LogP contribution in [0.15, 0.2) is 16.6 Å². The molecule has 0 saturated carbocycles. The molecule has 2 unspecified atom stereocenters. The highest BCUT2D eigenvalue weighted by atomic mass is 79.9. The van der Waals surface area contributed by atoms with E-state index in [1.807, 2.05) is 12.1 Å². The molecular weight excluding hydrogens is 347 g/mol. The SMILES string of the molecule is CCC1(C)CN(c2ccc(Br)c(Cl)c2Cl)C(C)CN1. The van der Waals surface area contributed by atoms with E-state index < -0.39 is 0 Å². The van der Waals surface area contributed by atoms with Gasteiger partial charge in [-0.1, -0.05) is 30.1 Å². The predicted octanol–water partition coefficient (Wildman–Crippen LogP) is 4.72. The third kappa shape index (κ3) is 3.05. The Kier molecular flexibility index (Phi) is 4.71. The minimum absolute atomic E-state index is 0.120. The van der Waals surface area contributed by atoms with Crippen LogP contribution < -0.4 is 10.2 Å². The zero-order valence-corrected chi connectivity index (χ0v) is 14.5. The van der Waals surface area contributed by atoms with Gasteiger partial charge >= 0.3 is 0 Å². The molecule has 0 radical (unpaired) electrons. The zero-order chi connectivity index (χ0) is 14.2. The normalized spacial score (nSPS) is 27.7. The largest absolute Gasteiger partial charge is 0.364 e. The number of benzene rings is 1. The van der Waals surface area contributed by atoms with Gasteiger partial charge in [0.2, 0.25) is 0 Å². The Morgan fingerprint density at radius 1 is 1.42 bits per heavy atom. The van der Waals surface area contributed by atoms with E-state index in [2.05, 4.69) is 46.9 Å². The predicted molar refractivity (Wildman–Crippen MR) is 87.7 cm³/mol. The molecule has 1 N–H and O–H groups in total. The maximum atomic E-state index is 6.41. The molecule has 0 aliphatic carbocycles. The highest BCUT2D eigenvalue weighted by Gasteiger charge is 2.33. The van der Waals surface area contributed by atoms with Crippen molar-refractivity contribution >= 4 is 44.8 Å². The van der Waals surface area contributed by atoms with E-state index in [4.69, 9.17) is 23.2 Å². The number of rotatable bonds is 2. The summed E-state index contributed by atoms with van der Waals surface area (Å²) < 4.78 is 0.837. The van der Waals surface area contributed by atoms with Crippen molar-refractivity contribution in [2.75, 3.05) is 18.0 Å². The molecule has 1 aliphatic heterocycles. The second kappa shape index (κ2) is 5.80. The van der Waals surface area contributed by atoms with Gasteiger partial charge in [-0.25, -0.2) is 0 Å². The van der Waals surface area contributed by atoms with Crippen LogP contribution in [-0.4, -0.2) is 24.7 Å². The Morgan fingerprint density at radius 2 is 2.11 bits per heavy atom. The number of nitrogens with one attached hydrogen (secondary N) is 1. The first-order valence-electron chi connectivity index (χ1n) is 6.53. The average Bonchev–Trinajstić information content (AvgIpc) is 2.40. The smallest absolute Gasteiger partial charge is 0.0837 e. The van der Waals surface area contributed by atoms with Crippen LogP contribution in [0.25, 0.3) is 0 Å². The van der Waals surface area contributed by atoms with Crippen LogP contribution in [0.3, 0.4) is 0 Å². The van der Waals surface area contributed by atoms with Crippen molar-refractivity contribution in [2.24, 2.45) is 0 Å². The third-order valence-corrected chi connectivity index (χ3v) is 5.74. The molecule has 0 aromatic heterocycles. The number of hydrogen-bond acceptors (Lipinski definition) is 2. The number of hydrogen-bond donors (Lipinski definition) is 1. The number of piperazine rings is 1. The molecule has 1 aromatic rings. The summed E-state index contributed by atoms with van der Waals surface area (Å²) in [4.78, 5) is 2.35. The van der Waals surface area contributed by atoms with Crippen molar-refractivity contribution in [2.45, 2.75) is 38.8 Å². The maximum Gasteiger partial charge on any atom is 0.0837 e. The van der Waals surface area contributed by atoms with Gasteiger partial charge in [0, 0.05) is 29.1 Å². The van der Waals surface area contributed by atoms with Gasteiger partial charge in [-0.3, -0.25) is 0 Å². The van der Waals surface area contributed by atoms with E-state index in [9.17, 15) is 0 Å². The van der Waals surface area contributed by atoms with E-state index in [0.717, 1.165) is 29.7 Å². The molecule has 1 saturated heterocycles. The van der Waals surface area contributed by atoms with Crippen LogP contribution in [0.1, 0.15) is 27.2 Å². The van der Waals surface area contributed by atoms with Gasteiger partial charge in [-0.15, -0.1) is 0 Å². The Hall–Kier alpha value is 0.0400. The Balaban J connectivity index is 2.37. The number of anilines is 1. The first kappa shape index (κ1) is 15.4. The van der Waals surface area contributed by atoms with Crippen molar-refractivity contribution in [3.8, 4) is 0 Å². The maximum absolute atomic E-state index is 6.41. The van der Waals surface area contributed by atoms with E-state index in [1.54, 1.807) is 0 Å². The topological polar surface area (TPSA) is 15.3 Å². The fraction of sp³-hybridized carbons (Fsp3) is 0.571. The first-order chi connectivity index (χ1) is 8.88. The fourth-order valence-corrected chi connectivity index (χ4v) is 3.27. The molecule has 1 aromatic carbocycles. The number of halogens is 3. The minimum atomic E-state index is 0.120. The molecule has 0 amide bonds. The van der Waals surface area contributed by atoms with Gasteiger partial charge in [0.1, 0.15) is 0 Å². The van der Waals surface area contributed by atoms with E-state index in [-0.39, 0.29) is 5.54 Å². The summed E-state index contributed by atoms with van der Waals surface area (Å²) in [5, 5.41) is 4.83. The third-order valence-electron chi connectivity index (χ3n) is 3.98. The van der Waals surface area contributed by atoms with Crippen molar-refractivity contribution in [1.82, 2.24) is 5.32 Å².